The molecule has 0 heterocycles. The summed E-state index contributed by atoms with van der Waals surface area (Å²) in [5.74, 6) is 0. The lowest BCUT2D eigenvalue weighted by atomic mass is 10.1. The largest absolute Gasteiger partial charge is 0.399 e. The molecule has 6 heteroatoms. The highest BCUT2D eigenvalue weighted by atomic mass is 32.2. The molecule has 0 spiro atoms. The Hall–Kier alpha value is -2.52. The van der Waals surface area contributed by atoms with Crippen molar-refractivity contribution in [2.45, 2.75) is 18.2 Å². The summed E-state index contributed by atoms with van der Waals surface area (Å²) in [6.45, 7) is 1.99. The summed E-state index contributed by atoms with van der Waals surface area (Å²) >= 11 is 0. The molecule has 108 valence electrons. The molecule has 0 saturated heterocycles. The van der Waals surface area contributed by atoms with E-state index >= 15 is 0 Å². The van der Waals surface area contributed by atoms with Gasteiger partial charge in [0.15, 0.2) is 0 Å². The van der Waals surface area contributed by atoms with Gasteiger partial charge in [0.1, 0.15) is 11.0 Å². The van der Waals surface area contributed by atoms with Crippen LogP contribution in [0.1, 0.15) is 18.1 Å². The Balaban J connectivity index is 2.41. The number of benzene rings is 2. The minimum absolute atomic E-state index is 0.0224. The number of hydrogen-bond donors (Lipinski definition) is 2. The van der Waals surface area contributed by atoms with Crippen LogP contribution < -0.4 is 10.5 Å². The van der Waals surface area contributed by atoms with Gasteiger partial charge in [-0.05, 0) is 42.3 Å². The van der Waals surface area contributed by atoms with Crippen molar-refractivity contribution in [1.82, 2.24) is 0 Å². The van der Waals surface area contributed by atoms with Gasteiger partial charge in [0.2, 0.25) is 0 Å². The number of nitrogens with two attached hydrogens (primary N) is 1. The SMILES string of the molecule is CCc1cccc(NS(=O)(=O)c2ccc(N)cc2C#N)c1. The van der Waals surface area contributed by atoms with Gasteiger partial charge in [-0.3, -0.25) is 4.72 Å². The van der Waals surface area contributed by atoms with Crippen molar-refractivity contribution >= 4 is 21.4 Å². The molecule has 21 heavy (non-hydrogen) atoms. The van der Waals surface area contributed by atoms with E-state index in [-0.39, 0.29) is 10.5 Å². The fraction of sp³-hybridized carbons (Fsp3) is 0.133. The molecule has 0 radical (unpaired) electrons. The van der Waals surface area contributed by atoms with Gasteiger partial charge in [-0.25, -0.2) is 8.42 Å². The Morgan fingerprint density at radius 2 is 2.00 bits per heavy atom. The van der Waals surface area contributed by atoms with Crippen molar-refractivity contribution in [3.05, 3.63) is 53.6 Å². The summed E-state index contributed by atoms with van der Waals surface area (Å²) < 4.78 is 27.3. The second-order valence-electron chi connectivity index (χ2n) is 4.53. The molecular weight excluding hydrogens is 286 g/mol. The van der Waals surface area contributed by atoms with Crippen LogP contribution in [-0.4, -0.2) is 8.42 Å². The first-order valence-corrected chi connectivity index (χ1v) is 7.86. The van der Waals surface area contributed by atoms with E-state index in [1.54, 1.807) is 18.2 Å². The topological polar surface area (TPSA) is 96.0 Å². The van der Waals surface area contributed by atoms with Crippen LogP contribution in [0.15, 0.2) is 47.4 Å². The number of sulfonamides is 1. The van der Waals surface area contributed by atoms with Gasteiger partial charge in [-0.1, -0.05) is 19.1 Å². The number of rotatable bonds is 4. The van der Waals surface area contributed by atoms with Crippen molar-refractivity contribution in [3.8, 4) is 6.07 Å². The van der Waals surface area contributed by atoms with E-state index in [1.807, 2.05) is 19.1 Å². The summed E-state index contributed by atoms with van der Waals surface area (Å²) in [4.78, 5) is -0.0823. The van der Waals surface area contributed by atoms with Crippen molar-refractivity contribution in [3.63, 3.8) is 0 Å². The molecule has 2 aromatic carbocycles. The number of nitriles is 1. The Labute approximate surface area is 124 Å². The first-order chi connectivity index (χ1) is 9.96. The molecule has 0 saturated carbocycles. The van der Waals surface area contributed by atoms with Gasteiger partial charge in [0, 0.05) is 11.4 Å². The minimum Gasteiger partial charge on any atom is -0.399 e. The van der Waals surface area contributed by atoms with Gasteiger partial charge in [0.05, 0.1) is 5.56 Å². The second kappa shape index (κ2) is 5.85. The third kappa shape index (κ3) is 3.33. The predicted molar refractivity (Wildman–Crippen MR) is 82.2 cm³/mol. The molecule has 5 nitrogen and oxygen atoms in total. The van der Waals surface area contributed by atoms with E-state index in [4.69, 9.17) is 11.0 Å². The van der Waals surface area contributed by atoms with Gasteiger partial charge in [-0.2, -0.15) is 5.26 Å². The first-order valence-electron chi connectivity index (χ1n) is 6.37. The highest BCUT2D eigenvalue weighted by Gasteiger charge is 2.19. The van der Waals surface area contributed by atoms with E-state index < -0.39 is 10.0 Å². The lowest BCUT2D eigenvalue weighted by Gasteiger charge is -2.10. The van der Waals surface area contributed by atoms with Crippen molar-refractivity contribution in [2.24, 2.45) is 0 Å². The van der Waals surface area contributed by atoms with Crippen LogP contribution in [-0.2, 0) is 16.4 Å². The third-order valence-corrected chi connectivity index (χ3v) is 4.44. The lowest BCUT2D eigenvalue weighted by Crippen LogP contribution is -2.14. The Bertz CT molecular complexity index is 808. The quantitative estimate of drug-likeness (QED) is 0.848. The maximum absolute atomic E-state index is 12.4. The standard InChI is InChI=1S/C15H15N3O2S/c1-2-11-4-3-5-14(8-11)18-21(19,20)15-7-6-13(17)9-12(15)10-16/h3-9,18H,2,17H2,1H3. The van der Waals surface area contributed by atoms with Gasteiger partial charge < -0.3 is 5.73 Å². The maximum atomic E-state index is 12.4. The molecule has 0 unspecified atom stereocenters. The van der Waals surface area contributed by atoms with Crippen LogP contribution in [0, 0.1) is 11.3 Å². The fourth-order valence-corrected chi connectivity index (χ4v) is 3.12. The van der Waals surface area contributed by atoms with E-state index in [1.165, 1.54) is 18.2 Å². The monoisotopic (exact) mass is 301 g/mol. The van der Waals surface area contributed by atoms with E-state index in [0.29, 0.717) is 11.4 Å². The van der Waals surface area contributed by atoms with Crippen LogP contribution in [0.5, 0.6) is 0 Å². The van der Waals surface area contributed by atoms with Crippen molar-refractivity contribution in [1.29, 1.82) is 5.26 Å². The molecule has 0 aliphatic carbocycles. The predicted octanol–water partition coefficient (Wildman–Crippen LogP) is 2.50. The van der Waals surface area contributed by atoms with Crippen molar-refractivity contribution < 1.29 is 8.42 Å². The van der Waals surface area contributed by atoms with Crippen LogP contribution in [0.2, 0.25) is 0 Å². The third-order valence-electron chi connectivity index (χ3n) is 3.00. The van der Waals surface area contributed by atoms with E-state index in [2.05, 4.69) is 4.72 Å². The summed E-state index contributed by atoms with van der Waals surface area (Å²) in [6.07, 6.45) is 0.806. The molecule has 0 atom stereocenters. The van der Waals surface area contributed by atoms with E-state index in [9.17, 15) is 8.42 Å². The molecule has 0 fully saturated rings. The number of nitrogen functional groups attached to an aromatic ring is 1. The summed E-state index contributed by atoms with van der Waals surface area (Å²) in [6, 6.07) is 13.1. The fourth-order valence-electron chi connectivity index (χ4n) is 1.93. The second-order valence-corrected chi connectivity index (χ2v) is 6.18. The molecule has 0 aliphatic rings. The smallest absolute Gasteiger partial charge is 0.263 e. The Kier molecular flexibility index (Phi) is 4.15. The molecule has 3 N–H and O–H groups in total. The highest BCUT2D eigenvalue weighted by Crippen LogP contribution is 2.22. The number of aryl methyl sites for hydroxylation is 1. The minimum atomic E-state index is -3.83. The summed E-state index contributed by atoms with van der Waals surface area (Å²) in [5.41, 5.74) is 7.43. The highest BCUT2D eigenvalue weighted by molar-refractivity contribution is 7.92. The normalized spacial score (nSPS) is 10.9. The Morgan fingerprint density at radius 3 is 2.67 bits per heavy atom. The molecule has 2 rings (SSSR count). The average molecular weight is 301 g/mol. The first kappa shape index (κ1) is 14.9. The number of nitrogens with one attached hydrogen (secondary N) is 1. The van der Waals surface area contributed by atoms with Gasteiger partial charge in [0.25, 0.3) is 10.0 Å². The number of anilines is 2. The van der Waals surface area contributed by atoms with Crippen LogP contribution >= 0.6 is 0 Å². The molecule has 0 bridgehead atoms. The molecular formula is C15H15N3O2S. The molecule has 0 aliphatic heterocycles. The lowest BCUT2D eigenvalue weighted by molar-refractivity contribution is 0.601. The van der Waals surface area contributed by atoms with Crippen LogP contribution in [0.3, 0.4) is 0 Å². The van der Waals surface area contributed by atoms with Crippen LogP contribution in [0.25, 0.3) is 0 Å². The number of nitrogens with zero attached hydrogens (tertiary/aromatic N) is 1. The Morgan fingerprint density at radius 1 is 1.24 bits per heavy atom. The zero-order valence-corrected chi connectivity index (χ0v) is 12.3. The average Bonchev–Trinajstić information content (AvgIpc) is 2.46. The zero-order chi connectivity index (χ0) is 15.5. The van der Waals surface area contributed by atoms with Gasteiger partial charge in [-0.15, -0.1) is 0 Å². The summed E-state index contributed by atoms with van der Waals surface area (Å²) in [5, 5.41) is 9.06. The maximum Gasteiger partial charge on any atom is 0.263 e. The number of hydrogen-bond acceptors (Lipinski definition) is 4. The van der Waals surface area contributed by atoms with Crippen LogP contribution in [0.4, 0.5) is 11.4 Å². The van der Waals surface area contributed by atoms with E-state index in [0.717, 1.165) is 12.0 Å². The molecule has 0 aromatic heterocycles. The van der Waals surface area contributed by atoms with Crippen molar-refractivity contribution in [2.75, 3.05) is 10.5 Å². The van der Waals surface area contributed by atoms with Gasteiger partial charge >= 0.3 is 0 Å². The molecule has 2 aromatic rings. The molecule has 0 amide bonds. The zero-order valence-electron chi connectivity index (χ0n) is 11.5. The summed E-state index contributed by atoms with van der Waals surface area (Å²) in [7, 11) is -3.83.